The predicted octanol–water partition coefficient (Wildman–Crippen LogP) is 0.912. The Morgan fingerprint density at radius 3 is 1.67 bits per heavy atom. The van der Waals surface area contributed by atoms with Crippen molar-refractivity contribution in [1.82, 2.24) is 0 Å². The van der Waals surface area contributed by atoms with E-state index in [-0.39, 0.29) is 6.17 Å². The molecule has 0 saturated carbocycles. The first-order valence-corrected chi connectivity index (χ1v) is 3.60. The van der Waals surface area contributed by atoms with E-state index in [9.17, 15) is 0 Å². The maximum absolute atomic E-state index is 5.53. The van der Waals surface area contributed by atoms with Gasteiger partial charge in [-0.05, 0) is 11.8 Å². The van der Waals surface area contributed by atoms with E-state index in [1.165, 1.54) is 0 Å². The minimum Gasteiger partial charge on any atom is -0.316 e. The minimum absolute atomic E-state index is 0.144. The molecule has 2 nitrogen and oxygen atoms in total. The molecule has 0 heterocycles. The minimum atomic E-state index is -0.144. The molecule has 0 aliphatic carbocycles. The molecule has 4 N–H and O–H groups in total. The summed E-state index contributed by atoms with van der Waals surface area (Å²) in [7, 11) is 0. The van der Waals surface area contributed by atoms with Crippen LogP contribution in [0.1, 0.15) is 27.2 Å². The largest absolute Gasteiger partial charge is 0.316 e. The van der Waals surface area contributed by atoms with Gasteiger partial charge in [0, 0.05) is 0 Å². The molecule has 0 amide bonds. The molecule has 0 fully saturated rings. The molecule has 2 heteroatoms. The first-order chi connectivity index (χ1) is 4.09. The predicted molar refractivity (Wildman–Crippen MR) is 40.8 cm³/mol. The highest BCUT2D eigenvalue weighted by atomic mass is 14.9. The number of rotatable bonds is 3. The van der Waals surface area contributed by atoms with Gasteiger partial charge in [0.1, 0.15) is 0 Å². The van der Waals surface area contributed by atoms with Crippen molar-refractivity contribution in [3.63, 3.8) is 0 Å². The van der Waals surface area contributed by atoms with E-state index in [1.54, 1.807) is 0 Å². The average molecular weight is 130 g/mol. The van der Waals surface area contributed by atoms with Crippen molar-refractivity contribution in [1.29, 1.82) is 0 Å². The van der Waals surface area contributed by atoms with Crippen LogP contribution in [-0.2, 0) is 0 Å². The molecular weight excluding hydrogens is 112 g/mol. The number of hydrogen-bond donors (Lipinski definition) is 2. The smallest absolute Gasteiger partial charge is 0.0552 e. The van der Waals surface area contributed by atoms with Gasteiger partial charge < -0.3 is 11.5 Å². The summed E-state index contributed by atoms with van der Waals surface area (Å²) in [5.74, 6) is 1.08. The summed E-state index contributed by atoms with van der Waals surface area (Å²) in [6, 6.07) is 0. The van der Waals surface area contributed by atoms with Gasteiger partial charge in [-0.25, -0.2) is 0 Å². The van der Waals surface area contributed by atoms with Crippen molar-refractivity contribution in [2.24, 2.45) is 23.3 Å². The van der Waals surface area contributed by atoms with Crippen LogP contribution in [0.5, 0.6) is 0 Å². The average Bonchev–Trinajstić information content (AvgIpc) is 1.64. The van der Waals surface area contributed by atoms with E-state index < -0.39 is 0 Å². The van der Waals surface area contributed by atoms with E-state index >= 15 is 0 Å². The summed E-state index contributed by atoms with van der Waals surface area (Å²) in [6.45, 7) is 6.43. The van der Waals surface area contributed by atoms with Gasteiger partial charge in [-0.2, -0.15) is 0 Å². The van der Waals surface area contributed by atoms with Crippen LogP contribution < -0.4 is 11.5 Å². The molecule has 0 aliphatic heterocycles. The Bertz CT molecular complexity index is 61.3. The Labute approximate surface area is 57.6 Å². The monoisotopic (exact) mass is 130 g/mol. The fraction of sp³-hybridized carbons (Fsp3) is 1.00. The van der Waals surface area contributed by atoms with Crippen molar-refractivity contribution in [2.75, 3.05) is 0 Å². The van der Waals surface area contributed by atoms with Gasteiger partial charge in [0.25, 0.3) is 0 Å². The SMILES string of the molecule is CCC(C(C)C)C(N)N. The first-order valence-electron chi connectivity index (χ1n) is 3.60. The van der Waals surface area contributed by atoms with Crippen LogP contribution in [-0.4, -0.2) is 6.17 Å². The lowest BCUT2D eigenvalue weighted by Gasteiger charge is -2.22. The van der Waals surface area contributed by atoms with Gasteiger partial charge >= 0.3 is 0 Å². The van der Waals surface area contributed by atoms with Gasteiger partial charge in [0.2, 0.25) is 0 Å². The van der Waals surface area contributed by atoms with E-state index in [0.717, 1.165) is 6.42 Å². The topological polar surface area (TPSA) is 52.0 Å². The summed E-state index contributed by atoms with van der Waals surface area (Å²) in [6.07, 6.45) is 0.935. The zero-order valence-electron chi connectivity index (χ0n) is 6.59. The van der Waals surface area contributed by atoms with Crippen molar-refractivity contribution in [3.05, 3.63) is 0 Å². The third-order valence-corrected chi connectivity index (χ3v) is 1.82. The van der Waals surface area contributed by atoms with Crippen molar-refractivity contribution >= 4 is 0 Å². The van der Waals surface area contributed by atoms with Crippen LogP contribution in [0, 0.1) is 11.8 Å². The number of nitrogens with two attached hydrogens (primary N) is 2. The summed E-state index contributed by atoms with van der Waals surface area (Å²) >= 11 is 0. The summed E-state index contributed by atoms with van der Waals surface area (Å²) < 4.78 is 0. The van der Waals surface area contributed by atoms with E-state index in [1.807, 2.05) is 0 Å². The maximum atomic E-state index is 5.53. The quantitative estimate of drug-likeness (QED) is 0.558. The van der Waals surface area contributed by atoms with Gasteiger partial charge in [0.15, 0.2) is 0 Å². The van der Waals surface area contributed by atoms with E-state index in [2.05, 4.69) is 20.8 Å². The highest BCUT2D eigenvalue weighted by Gasteiger charge is 2.14. The van der Waals surface area contributed by atoms with Crippen LogP contribution in [0.25, 0.3) is 0 Å². The Hall–Kier alpha value is -0.0800. The standard InChI is InChI=1S/C7H18N2/c1-4-6(5(2)3)7(8)9/h5-7H,4,8-9H2,1-3H3. The maximum Gasteiger partial charge on any atom is 0.0552 e. The van der Waals surface area contributed by atoms with Crippen molar-refractivity contribution in [2.45, 2.75) is 33.4 Å². The Morgan fingerprint density at radius 2 is 1.67 bits per heavy atom. The summed E-state index contributed by atoms with van der Waals surface area (Å²) in [5.41, 5.74) is 11.1. The summed E-state index contributed by atoms with van der Waals surface area (Å²) in [4.78, 5) is 0. The molecule has 0 aromatic carbocycles. The van der Waals surface area contributed by atoms with Gasteiger partial charge in [-0.3, -0.25) is 0 Å². The van der Waals surface area contributed by atoms with Crippen LogP contribution in [0.15, 0.2) is 0 Å². The van der Waals surface area contributed by atoms with Crippen LogP contribution >= 0.6 is 0 Å². The van der Waals surface area contributed by atoms with E-state index in [4.69, 9.17) is 11.5 Å². The van der Waals surface area contributed by atoms with Gasteiger partial charge in [-0.15, -0.1) is 0 Å². The lowest BCUT2D eigenvalue weighted by Crippen LogP contribution is -2.40. The molecule has 0 radical (unpaired) electrons. The molecule has 1 atom stereocenters. The van der Waals surface area contributed by atoms with Crippen LogP contribution in [0.2, 0.25) is 0 Å². The Morgan fingerprint density at radius 1 is 1.22 bits per heavy atom. The van der Waals surface area contributed by atoms with Crippen molar-refractivity contribution < 1.29 is 0 Å². The highest BCUT2D eigenvalue weighted by molar-refractivity contribution is 4.68. The first kappa shape index (κ1) is 8.92. The highest BCUT2D eigenvalue weighted by Crippen LogP contribution is 2.14. The molecule has 0 bridgehead atoms. The van der Waals surface area contributed by atoms with Gasteiger partial charge in [-0.1, -0.05) is 27.2 Å². The second-order valence-corrected chi connectivity index (χ2v) is 2.89. The lowest BCUT2D eigenvalue weighted by molar-refractivity contribution is 0.313. The fourth-order valence-electron chi connectivity index (χ4n) is 1.19. The second kappa shape index (κ2) is 3.85. The molecule has 0 saturated heterocycles. The molecule has 0 spiro atoms. The van der Waals surface area contributed by atoms with E-state index in [0.29, 0.717) is 11.8 Å². The van der Waals surface area contributed by atoms with Crippen molar-refractivity contribution in [3.8, 4) is 0 Å². The summed E-state index contributed by atoms with van der Waals surface area (Å²) in [5, 5.41) is 0. The zero-order valence-corrected chi connectivity index (χ0v) is 6.59. The second-order valence-electron chi connectivity index (χ2n) is 2.89. The molecule has 9 heavy (non-hydrogen) atoms. The van der Waals surface area contributed by atoms with Crippen LogP contribution in [0.4, 0.5) is 0 Å². The number of hydrogen-bond acceptors (Lipinski definition) is 2. The molecule has 1 unspecified atom stereocenters. The van der Waals surface area contributed by atoms with Crippen LogP contribution in [0.3, 0.4) is 0 Å². The molecule has 0 rings (SSSR count). The lowest BCUT2D eigenvalue weighted by atomic mass is 9.91. The third-order valence-electron chi connectivity index (χ3n) is 1.82. The molecule has 0 aromatic rings. The van der Waals surface area contributed by atoms with Gasteiger partial charge in [0.05, 0.1) is 6.17 Å². The molecule has 0 aromatic heterocycles. The zero-order chi connectivity index (χ0) is 7.44. The normalized spacial score (nSPS) is 15.0. The Balaban J connectivity index is 3.68. The molecular formula is C7H18N2. The Kier molecular flexibility index (Phi) is 3.82. The molecule has 56 valence electrons. The fourth-order valence-corrected chi connectivity index (χ4v) is 1.19. The molecule has 0 aliphatic rings. The third kappa shape index (κ3) is 2.82.